The number of halogens is 2. The molecule has 0 aliphatic heterocycles. The van der Waals surface area contributed by atoms with E-state index in [1.54, 1.807) is 19.2 Å². The quantitative estimate of drug-likeness (QED) is 0.420. The summed E-state index contributed by atoms with van der Waals surface area (Å²) in [6.45, 7) is 4.29. The van der Waals surface area contributed by atoms with Crippen molar-refractivity contribution in [2.45, 2.75) is 19.9 Å². The van der Waals surface area contributed by atoms with E-state index >= 15 is 0 Å². The number of aryl methyl sites for hydroxylation is 1. The van der Waals surface area contributed by atoms with Gasteiger partial charge >= 0.3 is 0 Å². The Balaban J connectivity index is 0.00000264. The van der Waals surface area contributed by atoms with E-state index < -0.39 is 0 Å². The van der Waals surface area contributed by atoms with Crippen molar-refractivity contribution in [2.75, 3.05) is 20.1 Å². The molecule has 5 nitrogen and oxygen atoms in total. The Morgan fingerprint density at radius 3 is 2.52 bits per heavy atom. The van der Waals surface area contributed by atoms with E-state index in [1.807, 2.05) is 24.0 Å². The summed E-state index contributed by atoms with van der Waals surface area (Å²) in [7, 11) is 1.74. The number of aliphatic imine (C=N–C) groups is 1. The highest BCUT2D eigenvalue weighted by atomic mass is 127. The van der Waals surface area contributed by atoms with Crippen molar-refractivity contribution in [3.05, 3.63) is 53.6 Å². The summed E-state index contributed by atoms with van der Waals surface area (Å²) in [4.78, 5) is 4.17. The molecular formula is C16H23FIN5. The van der Waals surface area contributed by atoms with Crippen molar-refractivity contribution >= 4 is 29.9 Å². The number of nitrogens with zero attached hydrogens (tertiary/aromatic N) is 3. The van der Waals surface area contributed by atoms with Crippen LogP contribution in [0.2, 0.25) is 0 Å². The van der Waals surface area contributed by atoms with Crippen molar-refractivity contribution in [3.63, 3.8) is 0 Å². The number of benzene rings is 1. The van der Waals surface area contributed by atoms with E-state index in [0.717, 1.165) is 43.1 Å². The molecule has 2 rings (SSSR count). The third kappa shape index (κ3) is 6.98. The lowest BCUT2D eigenvalue weighted by Gasteiger charge is -2.12. The zero-order valence-electron chi connectivity index (χ0n) is 13.4. The van der Waals surface area contributed by atoms with Gasteiger partial charge in [0.1, 0.15) is 5.82 Å². The van der Waals surface area contributed by atoms with E-state index in [-0.39, 0.29) is 29.8 Å². The lowest BCUT2D eigenvalue weighted by atomic mass is 10.1. The largest absolute Gasteiger partial charge is 0.356 e. The smallest absolute Gasteiger partial charge is 0.191 e. The maximum absolute atomic E-state index is 12.8. The fourth-order valence-electron chi connectivity index (χ4n) is 2.08. The highest BCUT2D eigenvalue weighted by Crippen LogP contribution is 2.02. The highest BCUT2D eigenvalue weighted by Gasteiger charge is 1.99. The van der Waals surface area contributed by atoms with E-state index in [2.05, 4.69) is 20.7 Å². The zero-order chi connectivity index (χ0) is 15.8. The van der Waals surface area contributed by atoms with Gasteiger partial charge in [-0.3, -0.25) is 9.67 Å². The molecular weight excluding hydrogens is 408 g/mol. The first-order valence-electron chi connectivity index (χ1n) is 7.35. The molecule has 23 heavy (non-hydrogen) atoms. The Labute approximate surface area is 153 Å². The van der Waals surface area contributed by atoms with Gasteiger partial charge in [0.05, 0.1) is 12.7 Å². The summed E-state index contributed by atoms with van der Waals surface area (Å²) in [5, 5.41) is 10.7. The molecule has 0 radical (unpaired) electrons. The molecule has 0 bridgehead atoms. The second-order valence-electron chi connectivity index (χ2n) is 5.08. The highest BCUT2D eigenvalue weighted by molar-refractivity contribution is 14.0. The van der Waals surface area contributed by atoms with Crippen molar-refractivity contribution in [3.8, 4) is 0 Å². The van der Waals surface area contributed by atoms with Crippen LogP contribution in [-0.4, -0.2) is 35.9 Å². The molecule has 0 aliphatic rings. The number of hydrogen-bond donors (Lipinski definition) is 2. The van der Waals surface area contributed by atoms with Gasteiger partial charge in [-0.2, -0.15) is 5.10 Å². The van der Waals surface area contributed by atoms with Gasteiger partial charge in [0.25, 0.3) is 0 Å². The van der Waals surface area contributed by atoms with Crippen LogP contribution in [0.3, 0.4) is 0 Å². The van der Waals surface area contributed by atoms with Crippen LogP contribution in [0.25, 0.3) is 0 Å². The average molecular weight is 431 g/mol. The standard InChI is InChI=1S/C16H22FN5.HI/c1-13-11-21-22(12-13)10-9-20-16(18-2)19-8-7-14-3-5-15(17)6-4-14;/h3-6,11-12H,7-10H2,1-2H3,(H2,18,19,20);1H. The van der Waals surface area contributed by atoms with Gasteiger partial charge in [0.15, 0.2) is 5.96 Å². The molecule has 0 unspecified atom stereocenters. The predicted octanol–water partition coefficient (Wildman–Crippen LogP) is 2.36. The molecule has 2 aromatic rings. The minimum Gasteiger partial charge on any atom is -0.356 e. The van der Waals surface area contributed by atoms with Crippen molar-refractivity contribution in [1.82, 2.24) is 20.4 Å². The first kappa shape index (κ1) is 19.4. The summed E-state index contributed by atoms with van der Waals surface area (Å²) < 4.78 is 14.7. The first-order chi connectivity index (χ1) is 10.7. The Bertz CT molecular complexity index is 609. The average Bonchev–Trinajstić information content (AvgIpc) is 2.93. The molecule has 0 atom stereocenters. The SMILES string of the molecule is CN=C(NCCc1ccc(F)cc1)NCCn1cc(C)cn1.I. The summed E-state index contributed by atoms with van der Waals surface area (Å²) in [5.41, 5.74) is 2.25. The van der Waals surface area contributed by atoms with E-state index in [9.17, 15) is 4.39 Å². The maximum atomic E-state index is 12.8. The minimum atomic E-state index is -0.206. The lowest BCUT2D eigenvalue weighted by Crippen LogP contribution is -2.39. The molecule has 1 aromatic heterocycles. The normalized spacial score (nSPS) is 11.0. The molecule has 0 spiro atoms. The van der Waals surface area contributed by atoms with Crippen molar-refractivity contribution < 1.29 is 4.39 Å². The Hall–Kier alpha value is -1.64. The topological polar surface area (TPSA) is 54.2 Å². The second kappa shape index (κ2) is 10.2. The summed E-state index contributed by atoms with van der Waals surface area (Å²) >= 11 is 0. The monoisotopic (exact) mass is 431 g/mol. The van der Waals surface area contributed by atoms with E-state index in [0.29, 0.717) is 0 Å². The van der Waals surface area contributed by atoms with Crippen LogP contribution in [0, 0.1) is 12.7 Å². The third-order valence-electron chi connectivity index (χ3n) is 3.24. The molecule has 0 saturated heterocycles. The molecule has 0 saturated carbocycles. The van der Waals surface area contributed by atoms with Crippen LogP contribution >= 0.6 is 24.0 Å². The van der Waals surface area contributed by atoms with Crippen LogP contribution in [0.1, 0.15) is 11.1 Å². The number of rotatable bonds is 6. The molecule has 7 heteroatoms. The fourth-order valence-corrected chi connectivity index (χ4v) is 2.08. The third-order valence-corrected chi connectivity index (χ3v) is 3.24. The fraction of sp³-hybridized carbons (Fsp3) is 0.375. The Kier molecular flexibility index (Phi) is 8.60. The maximum Gasteiger partial charge on any atom is 0.191 e. The number of hydrogen-bond acceptors (Lipinski definition) is 2. The van der Waals surface area contributed by atoms with Crippen molar-refractivity contribution in [1.29, 1.82) is 0 Å². The van der Waals surface area contributed by atoms with E-state index in [4.69, 9.17) is 0 Å². The van der Waals surface area contributed by atoms with E-state index in [1.165, 1.54) is 12.1 Å². The van der Waals surface area contributed by atoms with Gasteiger partial charge in [-0.25, -0.2) is 4.39 Å². The van der Waals surface area contributed by atoms with Gasteiger partial charge < -0.3 is 10.6 Å². The number of aromatic nitrogens is 2. The van der Waals surface area contributed by atoms with Gasteiger partial charge in [-0.15, -0.1) is 24.0 Å². The van der Waals surface area contributed by atoms with Crippen LogP contribution in [0.4, 0.5) is 4.39 Å². The first-order valence-corrected chi connectivity index (χ1v) is 7.35. The van der Waals surface area contributed by atoms with Crippen LogP contribution in [0.5, 0.6) is 0 Å². The van der Waals surface area contributed by atoms with Gasteiger partial charge in [0.2, 0.25) is 0 Å². The Morgan fingerprint density at radius 2 is 1.91 bits per heavy atom. The summed E-state index contributed by atoms with van der Waals surface area (Å²) in [6, 6.07) is 6.56. The molecule has 0 aliphatic carbocycles. The van der Waals surface area contributed by atoms with Crippen LogP contribution in [0.15, 0.2) is 41.7 Å². The number of guanidine groups is 1. The minimum absolute atomic E-state index is 0. The molecule has 2 N–H and O–H groups in total. The van der Waals surface area contributed by atoms with Gasteiger partial charge in [0, 0.05) is 26.3 Å². The molecule has 1 aromatic carbocycles. The summed E-state index contributed by atoms with van der Waals surface area (Å²) in [5.74, 6) is 0.550. The summed E-state index contributed by atoms with van der Waals surface area (Å²) in [6.07, 6.45) is 4.67. The van der Waals surface area contributed by atoms with Crippen LogP contribution in [-0.2, 0) is 13.0 Å². The van der Waals surface area contributed by atoms with Gasteiger partial charge in [-0.1, -0.05) is 12.1 Å². The zero-order valence-corrected chi connectivity index (χ0v) is 15.8. The molecule has 126 valence electrons. The molecule has 1 heterocycles. The molecule has 0 fully saturated rings. The lowest BCUT2D eigenvalue weighted by molar-refractivity contribution is 0.597. The Morgan fingerprint density at radius 1 is 1.22 bits per heavy atom. The number of nitrogens with one attached hydrogen (secondary N) is 2. The van der Waals surface area contributed by atoms with Gasteiger partial charge in [-0.05, 0) is 36.6 Å². The molecule has 0 amide bonds. The second-order valence-corrected chi connectivity index (χ2v) is 5.08. The predicted molar refractivity (Wildman–Crippen MR) is 102 cm³/mol. The van der Waals surface area contributed by atoms with Crippen molar-refractivity contribution in [2.24, 2.45) is 4.99 Å². The van der Waals surface area contributed by atoms with Crippen LogP contribution < -0.4 is 10.6 Å².